The number of alkyl halides is 1. The summed E-state index contributed by atoms with van der Waals surface area (Å²) in [5.41, 5.74) is 0.0909. The van der Waals surface area contributed by atoms with Crippen LogP contribution < -0.4 is 5.14 Å². The van der Waals surface area contributed by atoms with Gasteiger partial charge in [0.05, 0.1) is 5.75 Å². The van der Waals surface area contributed by atoms with Crippen molar-refractivity contribution < 1.29 is 8.42 Å². The van der Waals surface area contributed by atoms with Gasteiger partial charge >= 0.3 is 0 Å². The van der Waals surface area contributed by atoms with E-state index in [1.165, 1.54) is 0 Å². The lowest BCUT2D eigenvalue weighted by atomic mass is 9.87. The molecule has 0 aromatic carbocycles. The van der Waals surface area contributed by atoms with E-state index < -0.39 is 10.0 Å². The number of rotatable bonds is 5. The van der Waals surface area contributed by atoms with Crippen molar-refractivity contribution in [2.24, 2.45) is 10.6 Å². The third-order valence-corrected chi connectivity index (χ3v) is 3.15. The number of halogens is 1. The van der Waals surface area contributed by atoms with Crippen LogP contribution in [0.5, 0.6) is 0 Å². The molecular formula is C7H16INO2S. The Morgan fingerprint density at radius 1 is 1.33 bits per heavy atom. The van der Waals surface area contributed by atoms with Crippen molar-refractivity contribution in [1.29, 1.82) is 0 Å². The molecule has 12 heavy (non-hydrogen) atoms. The number of primary sulfonamides is 1. The summed E-state index contributed by atoms with van der Waals surface area (Å²) in [7, 11) is -3.28. The topological polar surface area (TPSA) is 60.2 Å². The summed E-state index contributed by atoms with van der Waals surface area (Å²) in [6.45, 7) is 4.13. The van der Waals surface area contributed by atoms with Gasteiger partial charge in [-0.05, 0) is 18.3 Å². The molecule has 0 aliphatic carbocycles. The summed E-state index contributed by atoms with van der Waals surface area (Å²) in [5.74, 6) is 0.0939. The highest BCUT2D eigenvalue weighted by Crippen LogP contribution is 2.25. The SMILES string of the molecule is CC(C)(CCI)CCS(N)(=O)=O. The molecule has 0 aromatic rings. The standard InChI is InChI=1S/C7H16INO2S/c1-7(2,3-5-8)4-6-12(9,10)11/h3-6H2,1-2H3,(H2,9,10,11). The molecule has 0 saturated carbocycles. The van der Waals surface area contributed by atoms with E-state index in [2.05, 4.69) is 36.4 Å². The molecule has 0 fully saturated rings. The van der Waals surface area contributed by atoms with Crippen molar-refractivity contribution >= 4 is 32.6 Å². The van der Waals surface area contributed by atoms with E-state index in [9.17, 15) is 8.42 Å². The summed E-state index contributed by atoms with van der Waals surface area (Å²) in [6, 6.07) is 0. The van der Waals surface area contributed by atoms with Crippen LogP contribution in [0.3, 0.4) is 0 Å². The second kappa shape index (κ2) is 4.76. The van der Waals surface area contributed by atoms with Crippen molar-refractivity contribution in [3.63, 3.8) is 0 Å². The first-order valence-electron chi connectivity index (χ1n) is 3.83. The fourth-order valence-electron chi connectivity index (χ4n) is 0.799. The molecule has 0 bridgehead atoms. The van der Waals surface area contributed by atoms with E-state index in [1.807, 2.05) is 0 Å². The van der Waals surface area contributed by atoms with Crippen LogP contribution >= 0.6 is 22.6 Å². The summed E-state index contributed by atoms with van der Waals surface area (Å²) in [6.07, 6.45) is 1.68. The minimum absolute atomic E-state index is 0.0909. The monoisotopic (exact) mass is 305 g/mol. The molecule has 0 atom stereocenters. The molecule has 3 nitrogen and oxygen atoms in total. The Labute approximate surface area is 88.3 Å². The number of sulfonamides is 1. The number of hydrogen-bond donors (Lipinski definition) is 1. The van der Waals surface area contributed by atoms with Crippen LogP contribution in [-0.2, 0) is 10.0 Å². The Hall–Kier alpha value is 0.640. The smallest absolute Gasteiger partial charge is 0.209 e. The molecule has 0 aliphatic heterocycles. The normalized spacial score (nSPS) is 13.3. The van der Waals surface area contributed by atoms with E-state index >= 15 is 0 Å². The first-order chi connectivity index (χ1) is 5.27. The lowest BCUT2D eigenvalue weighted by Gasteiger charge is -2.22. The van der Waals surface area contributed by atoms with Crippen LogP contribution in [0.25, 0.3) is 0 Å². The Kier molecular flexibility index (Phi) is 5.01. The Bertz CT molecular complexity index is 224. The van der Waals surface area contributed by atoms with Gasteiger partial charge < -0.3 is 0 Å². The molecule has 0 amide bonds. The average molecular weight is 305 g/mol. The maximum absolute atomic E-state index is 10.7. The van der Waals surface area contributed by atoms with Gasteiger partial charge in [-0.3, -0.25) is 0 Å². The van der Waals surface area contributed by atoms with Crippen molar-refractivity contribution in [2.75, 3.05) is 10.2 Å². The third-order valence-electron chi connectivity index (χ3n) is 1.83. The largest absolute Gasteiger partial charge is 0.229 e. The Balaban J connectivity index is 3.92. The first-order valence-corrected chi connectivity index (χ1v) is 7.07. The van der Waals surface area contributed by atoms with Gasteiger partial charge in [-0.25, -0.2) is 13.6 Å². The fraction of sp³-hybridized carbons (Fsp3) is 1.00. The van der Waals surface area contributed by atoms with Crippen LogP contribution in [0.15, 0.2) is 0 Å². The van der Waals surface area contributed by atoms with Crippen molar-refractivity contribution in [2.45, 2.75) is 26.7 Å². The van der Waals surface area contributed by atoms with Crippen molar-refractivity contribution in [1.82, 2.24) is 0 Å². The average Bonchev–Trinajstić information content (AvgIpc) is 1.83. The predicted molar refractivity (Wildman–Crippen MR) is 59.9 cm³/mol. The van der Waals surface area contributed by atoms with Gasteiger partial charge in [-0.2, -0.15) is 0 Å². The molecule has 0 heterocycles. The zero-order chi connectivity index (χ0) is 9.83. The van der Waals surface area contributed by atoms with Crippen LogP contribution in [-0.4, -0.2) is 18.6 Å². The molecule has 0 aliphatic rings. The van der Waals surface area contributed by atoms with Crippen LogP contribution in [0, 0.1) is 5.41 Å². The van der Waals surface area contributed by atoms with Gasteiger partial charge in [0.1, 0.15) is 0 Å². The van der Waals surface area contributed by atoms with Crippen molar-refractivity contribution in [3.05, 3.63) is 0 Å². The van der Waals surface area contributed by atoms with E-state index in [1.54, 1.807) is 0 Å². The minimum Gasteiger partial charge on any atom is -0.229 e. The van der Waals surface area contributed by atoms with Crippen molar-refractivity contribution in [3.8, 4) is 0 Å². The summed E-state index contributed by atoms with van der Waals surface area (Å²) in [5, 5.41) is 4.91. The molecule has 0 rings (SSSR count). The lowest BCUT2D eigenvalue weighted by molar-refractivity contribution is 0.343. The highest BCUT2D eigenvalue weighted by atomic mass is 127. The molecule has 5 heteroatoms. The van der Waals surface area contributed by atoms with Gasteiger partial charge in [-0.15, -0.1) is 0 Å². The van der Waals surface area contributed by atoms with Gasteiger partial charge in [0.25, 0.3) is 0 Å². The molecule has 0 saturated heterocycles. The Morgan fingerprint density at radius 2 is 1.83 bits per heavy atom. The molecule has 0 spiro atoms. The fourth-order valence-corrected chi connectivity index (χ4v) is 3.10. The third kappa shape index (κ3) is 7.30. The molecule has 0 unspecified atom stereocenters. The van der Waals surface area contributed by atoms with Gasteiger partial charge in [0.15, 0.2) is 0 Å². The summed E-state index contributed by atoms with van der Waals surface area (Å²) >= 11 is 2.29. The van der Waals surface area contributed by atoms with E-state index in [0.29, 0.717) is 6.42 Å². The highest BCUT2D eigenvalue weighted by molar-refractivity contribution is 14.1. The second-order valence-electron chi connectivity index (χ2n) is 3.72. The predicted octanol–water partition coefficient (Wildman–Crippen LogP) is 1.52. The number of nitrogens with two attached hydrogens (primary N) is 1. The summed E-state index contributed by atoms with van der Waals surface area (Å²) < 4.78 is 22.4. The quantitative estimate of drug-likeness (QED) is 0.618. The van der Waals surface area contributed by atoms with Gasteiger partial charge in [0, 0.05) is 4.43 Å². The van der Waals surface area contributed by atoms with Crippen LogP contribution in [0.2, 0.25) is 0 Å². The maximum atomic E-state index is 10.7. The minimum atomic E-state index is -3.28. The molecule has 0 radical (unpaired) electrons. The van der Waals surface area contributed by atoms with E-state index in [-0.39, 0.29) is 11.2 Å². The van der Waals surface area contributed by atoms with E-state index in [4.69, 9.17) is 5.14 Å². The highest BCUT2D eigenvalue weighted by Gasteiger charge is 2.19. The maximum Gasteiger partial charge on any atom is 0.209 e. The van der Waals surface area contributed by atoms with E-state index in [0.717, 1.165) is 10.8 Å². The zero-order valence-electron chi connectivity index (χ0n) is 7.51. The number of hydrogen-bond acceptors (Lipinski definition) is 2. The summed E-state index contributed by atoms with van der Waals surface area (Å²) in [4.78, 5) is 0. The van der Waals surface area contributed by atoms with Gasteiger partial charge in [-0.1, -0.05) is 36.4 Å². The van der Waals surface area contributed by atoms with Crippen LogP contribution in [0.1, 0.15) is 26.7 Å². The lowest BCUT2D eigenvalue weighted by Crippen LogP contribution is -2.22. The second-order valence-corrected chi connectivity index (χ2v) is 6.53. The molecular weight excluding hydrogens is 289 g/mol. The first kappa shape index (κ1) is 12.6. The Morgan fingerprint density at radius 3 is 2.17 bits per heavy atom. The molecule has 74 valence electrons. The van der Waals surface area contributed by atoms with Crippen LogP contribution in [0.4, 0.5) is 0 Å². The van der Waals surface area contributed by atoms with Gasteiger partial charge in [0.2, 0.25) is 10.0 Å². The molecule has 2 N–H and O–H groups in total. The zero-order valence-corrected chi connectivity index (χ0v) is 10.5. The molecule has 0 aromatic heterocycles.